The first-order valence-electron chi connectivity index (χ1n) is 4.11. The molecule has 1 heterocycles. The summed E-state index contributed by atoms with van der Waals surface area (Å²) in [4.78, 5) is 0. The molecular weight excluding hydrogens is 206 g/mol. The molecule has 4 nitrogen and oxygen atoms in total. The third-order valence-corrected chi connectivity index (χ3v) is 2.54. The maximum atomic E-state index is 4.93. The maximum absolute atomic E-state index is 4.93. The molecule has 0 aliphatic heterocycles. The van der Waals surface area contributed by atoms with E-state index in [1.165, 1.54) is 11.3 Å². The normalized spacial score (nSPS) is 10.2. The standard InChI is InChI=1S/C7H13N3OS2/c1-11-5-3-2-4-8-6-9-10-7(12)13-6/h2-5H2,1H3,(H,8,9)(H,10,12). The Morgan fingerprint density at radius 2 is 2.46 bits per heavy atom. The Morgan fingerprint density at radius 1 is 1.62 bits per heavy atom. The number of rotatable bonds is 6. The van der Waals surface area contributed by atoms with Crippen molar-refractivity contribution in [1.82, 2.24) is 10.2 Å². The molecule has 1 aromatic rings. The van der Waals surface area contributed by atoms with E-state index >= 15 is 0 Å². The molecule has 0 unspecified atom stereocenters. The number of nitrogens with zero attached hydrogens (tertiary/aromatic N) is 1. The number of aromatic amines is 1. The minimum atomic E-state index is 0.708. The first-order chi connectivity index (χ1) is 6.33. The molecule has 1 aromatic heterocycles. The van der Waals surface area contributed by atoms with E-state index < -0.39 is 0 Å². The van der Waals surface area contributed by atoms with Crippen LogP contribution in [0.2, 0.25) is 0 Å². The van der Waals surface area contributed by atoms with Crippen molar-refractivity contribution in [3.05, 3.63) is 3.95 Å². The van der Waals surface area contributed by atoms with Crippen molar-refractivity contribution in [2.45, 2.75) is 12.8 Å². The summed E-state index contributed by atoms with van der Waals surface area (Å²) in [6.07, 6.45) is 2.15. The number of H-pyrrole nitrogens is 1. The van der Waals surface area contributed by atoms with E-state index in [0.717, 1.165) is 31.1 Å². The highest BCUT2D eigenvalue weighted by Gasteiger charge is 1.94. The number of hydrogen-bond donors (Lipinski definition) is 2. The molecule has 0 saturated carbocycles. The van der Waals surface area contributed by atoms with Crippen molar-refractivity contribution in [1.29, 1.82) is 0 Å². The summed E-state index contributed by atoms with van der Waals surface area (Å²) < 4.78 is 5.64. The van der Waals surface area contributed by atoms with Gasteiger partial charge in [0.25, 0.3) is 0 Å². The van der Waals surface area contributed by atoms with Crippen LogP contribution >= 0.6 is 23.6 Å². The van der Waals surface area contributed by atoms with Gasteiger partial charge in [-0.25, -0.2) is 0 Å². The molecule has 6 heteroatoms. The summed E-state index contributed by atoms with van der Waals surface area (Å²) in [5, 5.41) is 10.7. The molecule has 0 bridgehead atoms. The third kappa shape index (κ3) is 4.35. The number of nitrogens with one attached hydrogen (secondary N) is 2. The summed E-state index contributed by atoms with van der Waals surface area (Å²) in [5.74, 6) is 0. The van der Waals surface area contributed by atoms with Crippen LogP contribution in [0.25, 0.3) is 0 Å². The van der Waals surface area contributed by atoms with Gasteiger partial charge in [0.2, 0.25) is 5.13 Å². The second kappa shape index (κ2) is 6.06. The van der Waals surface area contributed by atoms with E-state index in [4.69, 9.17) is 17.0 Å². The number of ether oxygens (including phenoxy) is 1. The number of methoxy groups -OCH3 is 1. The van der Waals surface area contributed by atoms with Gasteiger partial charge < -0.3 is 10.1 Å². The van der Waals surface area contributed by atoms with Gasteiger partial charge in [-0.3, -0.25) is 5.10 Å². The molecule has 0 saturated heterocycles. The molecule has 0 aliphatic carbocycles. The van der Waals surface area contributed by atoms with Crippen LogP contribution in [0.4, 0.5) is 5.13 Å². The van der Waals surface area contributed by atoms with Crippen LogP contribution < -0.4 is 5.32 Å². The van der Waals surface area contributed by atoms with Gasteiger partial charge in [0.15, 0.2) is 3.95 Å². The van der Waals surface area contributed by atoms with E-state index in [2.05, 4.69) is 15.5 Å². The topological polar surface area (TPSA) is 49.9 Å². The molecule has 0 radical (unpaired) electrons. The predicted octanol–water partition coefficient (Wildman–Crippen LogP) is 2.04. The lowest BCUT2D eigenvalue weighted by molar-refractivity contribution is 0.194. The Labute approximate surface area is 86.3 Å². The largest absolute Gasteiger partial charge is 0.385 e. The molecule has 0 spiro atoms. The lowest BCUT2D eigenvalue weighted by Gasteiger charge is -2.00. The lowest BCUT2D eigenvalue weighted by atomic mass is 10.3. The molecular formula is C7H13N3OS2. The van der Waals surface area contributed by atoms with E-state index in [-0.39, 0.29) is 0 Å². The monoisotopic (exact) mass is 219 g/mol. The summed E-state index contributed by atoms with van der Waals surface area (Å²) in [5.41, 5.74) is 0. The van der Waals surface area contributed by atoms with Crippen LogP contribution in [0.3, 0.4) is 0 Å². The zero-order chi connectivity index (χ0) is 9.52. The Hall–Kier alpha value is -0.460. The van der Waals surface area contributed by atoms with Crippen LogP contribution in [-0.2, 0) is 4.74 Å². The molecule has 13 heavy (non-hydrogen) atoms. The summed E-state index contributed by atoms with van der Waals surface area (Å²) in [7, 11) is 1.71. The van der Waals surface area contributed by atoms with Crippen molar-refractivity contribution < 1.29 is 4.74 Å². The number of unbranched alkanes of at least 4 members (excludes halogenated alkanes) is 1. The van der Waals surface area contributed by atoms with E-state index in [9.17, 15) is 0 Å². The van der Waals surface area contributed by atoms with Crippen LogP contribution in [-0.4, -0.2) is 30.5 Å². The number of anilines is 1. The Kier molecular flexibility index (Phi) is 4.95. The summed E-state index contributed by atoms with van der Waals surface area (Å²) in [6.45, 7) is 1.73. The fraction of sp³-hybridized carbons (Fsp3) is 0.714. The second-order valence-electron chi connectivity index (χ2n) is 2.54. The zero-order valence-electron chi connectivity index (χ0n) is 7.50. The van der Waals surface area contributed by atoms with Crippen LogP contribution in [0, 0.1) is 3.95 Å². The van der Waals surface area contributed by atoms with Gasteiger partial charge in [-0.1, -0.05) is 11.3 Å². The first-order valence-corrected chi connectivity index (χ1v) is 5.33. The Balaban J connectivity index is 2.09. The Morgan fingerprint density at radius 3 is 3.08 bits per heavy atom. The van der Waals surface area contributed by atoms with Crippen molar-refractivity contribution >= 4 is 28.7 Å². The van der Waals surface area contributed by atoms with Crippen molar-refractivity contribution in [2.24, 2.45) is 0 Å². The average molecular weight is 219 g/mol. The molecule has 2 N–H and O–H groups in total. The third-order valence-electron chi connectivity index (χ3n) is 1.49. The van der Waals surface area contributed by atoms with Gasteiger partial charge in [-0.05, 0) is 25.1 Å². The molecule has 0 atom stereocenters. The second-order valence-corrected chi connectivity index (χ2v) is 4.21. The van der Waals surface area contributed by atoms with Gasteiger partial charge >= 0.3 is 0 Å². The quantitative estimate of drug-likeness (QED) is 0.568. The highest BCUT2D eigenvalue weighted by molar-refractivity contribution is 7.73. The zero-order valence-corrected chi connectivity index (χ0v) is 9.13. The molecule has 74 valence electrons. The lowest BCUT2D eigenvalue weighted by Crippen LogP contribution is -2.02. The van der Waals surface area contributed by atoms with E-state index in [0.29, 0.717) is 3.95 Å². The van der Waals surface area contributed by atoms with Gasteiger partial charge in [-0.2, -0.15) is 0 Å². The van der Waals surface area contributed by atoms with Gasteiger partial charge in [-0.15, -0.1) is 5.10 Å². The molecule has 0 fully saturated rings. The van der Waals surface area contributed by atoms with Crippen LogP contribution in [0.5, 0.6) is 0 Å². The molecule has 1 rings (SSSR count). The van der Waals surface area contributed by atoms with Crippen molar-refractivity contribution in [2.75, 3.05) is 25.6 Å². The number of hydrogen-bond acceptors (Lipinski definition) is 5. The maximum Gasteiger partial charge on any atom is 0.204 e. The minimum Gasteiger partial charge on any atom is -0.385 e. The van der Waals surface area contributed by atoms with Crippen LogP contribution in [0.1, 0.15) is 12.8 Å². The average Bonchev–Trinajstić information content (AvgIpc) is 2.51. The predicted molar refractivity (Wildman–Crippen MR) is 56.9 cm³/mol. The summed E-state index contributed by atoms with van der Waals surface area (Å²) >= 11 is 6.35. The molecule has 0 aromatic carbocycles. The first kappa shape index (κ1) is 10.6. The van der Waals surface area contributed by atoms with Crippen LogP contribution in [0.15, 0.2) is 0 Å². The highest BCUT2D eigenvalue weighted by Crippen LogP contribution is 2.10. The SMILES string of the molecule is COCCCCNc1n[nH]c(=S)s1. The number of aromatic nitrogens is 2. The Bertz CT molecular complexity index is 283. The van der Waals surface area contributed by atoms with E-state index in [1.54, 1.807) is 7.11 Å². The fourth-order valence-corrected chi connectivity index (χ4v) is 1.69. The summed E-state index contributed by atoms with van der Waals surface area (Å²) in [6, 6.07) is 0. The fourth-order valence-electron chi connectivity index (χ4n) is 0.872. The minimum absolute atomic E-state index is 0.708. The van der Waals surface area contributed by atoms with E-state index in [1.807, 2.05) is 0 Å². The van der Waals surface area contributed by atoms with Gasteiger partial charge in [0.1, 0.15) is 0 Å². The van der Waals surface area contributed by atoms with Gasteiger partial charge in [0.05, 0.1) is 0 Å². The molecule has 0 amide bonds. The van der Waals surface area contributed by atoms with Crippen molar-refractivity contribution in [3.63, 3.8) is 0 Å². The van der Waals surface area contributed by atoms with Crippen molar-refractivity contribution in [3.8, 4) is 0 Å². The highest BCUT2D eigenvalue weighted by atomic mass is 32.1. The molecule has 0 aliphatic rings. The van der Waals surface area contributed by atoms with Gasteiger partial charge in [0, 0.05) is 20.3 Å². The smallest absolute Gasteiger partial charge is 0.204 e.